The zero-order valence-corrected chi connectivity index (χ0v) is 16.1. The Kier molecular flexibility index (Phi) is 4.17. The first kappa shape index (κ1) is 17.3. The van der Waals surface area contributed by atoms with Gasteiger partial charge in [-0.25, -0.2) is 0 Å². The summed E-state index contributed by atoms with van der Waals surface area (Å²) in [7, 11) is 1.81. The smallest absolute Gasteiger partial charge is 0.262 e. The van der Waals surface area contributed by atoms with Gasteiger partial charge in [-0.3, -0.25) is 4.79 Å². The van der Waals surface area contributed by atoms with E-state index in [1.54, 1.807) is 4.57 Å². The quantitative estimate of drug-likeness (QED) is 0.444. The average molecular weight is 380 g/mol. The van der Waals surface area contributed by atoms with Gasteiger partial charge in [-0.1, -0.05) is 72.8 Å². The number of hydrogen-bond donors (Lipinski definition) is 1. The number of para-hydroxylation sites is 1. The topological polar surface area (TPSA) is 47.2 Å². The lowest BCUT2D eigenvalue weighted by molar-refractivity contribution is 0.629. The Hall–Kier alpha value is -3.79. The number of benzene rings is 3. The molecule has 4 nitrogen and oxygen atoms in total. The minimum Gasteiger partial charge on any atom is -0.439 e. The summed E-state index contributed by atoms with van der Waals surface area (Å²) in [4.78, 5) is 13.3. The van der Waals surface area contributed by atoms with Crippen LogP contribution >= 0.6 is 0 Å². The summed E-state index contributed by atoms with van der Waals surface area (Å²) < 4.78 is 8.00. The van der Waals surface area contributed by atoms with Gasteiger partial charge in [0.15, 0.2) is 5.58 Å². The van der Waals surface area contributed by atoms with Crippen molar-refractivity contribution in [1.29, 1.82) is 0 Å². The van der Waals surface area contributed by atoms with E-state index in [9.17, 15) is 4.79 Å². The molecule has 0 aliphatic carbocycles. The molecular formula is C25H20N2O2. The third kappa shape index (κ3) is 2.90. The number of hydrogen-bond acceptors (Lipinski definition) is 3. The van der Waals surface area contributed by atoms with Crippen LogP contribution in [0.2, 0.25) is 0 Å². The number of rotatable bonds is 4. The second kappa shape index (κ2) is 6.99. The molecule has 0 atom stereocenters. The van der Waals surface area contributed by atoms with Crippen molar-refractivity contribution in [2.45, 2.75) is 6.54 Å². The monoisotopic (exact) mass is 380 g/mol. The number of furan rings is 1. The maximum atomic E-state index is 13.3. The molecule has 0 amide bonds. The molecule has 2 heterocycles. The van der Waals surface area contributed by atoms with Gasteiger partial charge in [-0.15, -0.1) is 0 Å². The lowest BCUT2D eigenvalue weighted by atomic mass is 10.0. The minimum atomic E-state index is -0.0611. The van der Waals surface area contributed by atoms with Crippen molar-refractivity contribution >= 4 is 27.8 Å². The maximum absolute atomic E-state index is 13.3. The van der Waals surface area contributed by atoms with Gasteiger partial charge in [0.2, 0.25) is 5.88 Å². The molecule has 0 bridgehead atoms. The van der Waals surface area contributed by atoms with E-state index in [-0.39, 0.29) is 5.56 Å². The van der Waals surface area contributed by atoms with Gasteiger partial charge < -0.3 is 14.3 Å². The van der Waals surface area contributed by atoms with Gasteiger partial charge in [0, 0.05) is 19.0 Å². The first-order chi connectivity index (χ1) is 14.2. The molecule has 29 heavy (non-hydrogen) atoms. The number of fused-ring (bicyclic) bond motifs is 3. The van der Waals surface area contributed by atoms with Crippen molar-refractivity contribution in [2.75, 3.05) is 5.32 Å². The van der Waals surface area contributed by atoms with Gasteiger partial charge in [0.05, 0.1) is 16.5 Å². The van der Waals surface area contributed by atoms with Crippen molar-refractivity contribution < 1.29 is 4.42 Å². The molecule has 4 heteroatoms. The predicted molar refractivity (Wildman–Crippen MR) is 118 cm³/mol. The van der Waals surface area contributed by atoms with E-state index >= 15 is 0 Å². The Morgan fingerprint density at radius 2 is 1.52 bits per heavy atom. The lowest BCUT2D eigenvalue weighted by Gasteiger charge is -2.07. The van der Waals surface area contributed by atoms with Crippen LogP contribution in [0, 0.1) is 0 Å². The molecule has 2 aromatic heterocycles. The van der Waals surface area contributed by atoms with Crippen LogP contribution in [0.25, 0.3) is 33.0 Å². The van der Waals surface area contributed by atoms with E-state index < -0.39 is 0 Å². The van der Waals surface area contributed by atoms with Crippen molar-refractivity contribution in [1.82, 2.24) is 4.57 Å². The molecule has 142 valence electrons. The van der Waals surface area contributed by atoms with E-state index in [0.29, 0.717) is 23.4 Å². The van der Waals surface area contributed by atoms with Crippen molar-refractivity contribution in [3.05, 3.63) is 101 Å². The number of nitrogens with zero attached hydrogens (tertiary/aromatic N) is 1. The van der Waals surface area contributed by atoms with Crippen LogP contribution in [0.3, 0.4) is 0 Å². The highest BCUT2D eigenvalue weighted by atomic mass is 16.4. The molecule has 0 spiro atoms. The average Bonchev–Trinajstić information content (AvgIpc) is 3.17. The summed E-state index contributed by atoms with van der Waals surface area (Å²) in [6.07, 6.45) is 0. The predicted octanol–water partition coefficient (Wildman–Crippen LogP) is 5.56. The fraction of sp³-hybridized carbons (Fsp3) is 0.0800. The third-order valence-electron chi connectivity index (χ3n) is 5.30. The molecule has 5 aromatic rings. The molecule has 1 N–H and O–H groups in total. The molecule has 0 saturated heterocycles. The molecule has 3 aromatic carbocycles. The Bertz CT molecular complexity index is 1370. The fourth-order valence-corrected chi connectivity index (χ4v) is 3.84. The summed E-state index contributed by atoms with van der Waals surface area (Å²) in [6, 6.07) is 27.9. The SMILES string of the molecule is Cn1c(=O)c2c(-c3ccccc3)c(NCc3ccccc3)oc2c2ccccc21. The van der Waals surface area contributed by atoms with Crippen LogP contribution in [0.5, 0.6) is 0 Å². The second-order valence-electron chi connectivity index (χ2n) is 7.10. The molecular weight excluding hydrogens is 360 g/mol. The molecule has 5 rings (SSSR count). The largest absolute Gasteiger partial charge is 0.439 e. The van der Waals surface area contributed by atoms with E-state index in [0.717, 1.165) is 27.6 Å². The van der Waals surface area contributed by atoms with E-state index in [2.05, 4.69) is 17.4 Å². The highest BCUT2D eigenvalue weighted by Crippen LogP contribution is 2.39. The third-order valence-corrected chi connectivity index (χ3v) is 5.30. The summed E-state index contributed by atoms with van der Waals surface area (Å²) in [6.45, 7) is 0.610. The Morgan fingerprint density at radius 3 is 2.28 bits per heavy atom. The molecule has 0 unspecified atom stereocenters. The zero-order chi connectivity index (χ0) is 19.8. The van der Waals surface area contributed by atoms with Crippen LogP contribution in [-0.4, -0.2) is 4.57 Å². The minimum absolute atomic E-state index is 0.0611. The van der Waals surface area contributed by atoms with Gasteiger partial charge in [0.25, 0.3) is 5.56 Å². The summed E-state index contributed by atoms with van der Waals surface area (Å²) in [5.41, 5.74) is 4.32. The number of aromatic nitrogens is 1. The first-order valence-electron chi connectivity index (χ1n) is 9.61. The number of aryl methyl sites for hydroxylation is 1. The van der Waals surface area contributed by atoms with Crippen molar-refractivity contribution in [2.24, 2.45) is 7.05 Å². The molecule has 0 aliphatic heterocycles. The summed E-state index contributed by atoms with van der Waals surface area (Å²) in [5.74, 6) is 0.614. The highest BCUT2D eigenvalue weighted by molar-refractivity contribution is 6.10. The number of nitrogens with one attached hydrogen (secondary N) is 1. The second-order valence-corrected chi connectivity index (χ2v) is 7.10. The fourth-order valence-electron chi connectivity index (χ4n) is 3.84. The molecule has 0 aliphatic rings. The number of anilines is 1. The van der Waals surface area contributed by atoms with Gasteiger partial charge >= 0.3 is 0 Å². The van der Waals surface area contributed by atoms with E-state index in [1.165, 1.54) is 0 Å². The summed E-state index contributed by atoms with van der Waals surface area (Å²) in [5, 5.41) is 4.94. The normalized spacial score (nSPS) is 11.2. The van der Waals surface area contributed by atoms with Crippen molar-refractivity contribution in [3.8, 4) is 11.1 Å². The van der Waals surface area contributed by atoms with Crippen molar-refractivity contribution in [3.63, 3.8) is 0 Å². The van der Waals surface area contributed by atoms with E-state index in [1.807, 2.05) is 79.8 Å². The zero-order valence-electron chi connectivity index (χ0n) is 16.1. The molecule has 0 radical (unpaired) electrons. The standard InChI is InChI=1S/C25H20N2O2/c1-27-20-15-9-8-14-19(20)23-22(25(27)28)21(18-12-6-3-7-13-18)24(29-23)26-16-17-10-4-2-5-11-17/h2-15,26H,16H2,1H3. The first-order valence-corrected chi connectivity index (χ1v) is 9.61. The van der Waals surface area contributed by atoms with Crippen LogP contribution in [0.15, 0.2) is 94.1 Å². The Morgan fingerprint density at radius 1 is 0.862 bits per heavy atom. The lowest BCUT2D eigenvalue weighted by Crippen LogP contribution is -2.17. The van der Waals surface area contributed by atoms with E-state index in [4.69, 9.17) is 4.42 Å². The Balaban J connectivity index is 1.78. The van der Waals surface area contributed by atoms with Gasteiger partial charge in [-0.05, 0) is 23.3 Å². The van der Waals surface area contributed by atoms with Gasteiger partial charge in [0.1, 0.15) is 0 Å². The molecule has 0 saturated carbocycles. The van der Waals surface area contributed by atoms with Crippen LogP contribution in [-0.2, 0) is 13.6 Å². The summed E-state index contributed by atoms with van der Waals surface area (Å²) >= 11 is 0. The van der Waals surface area contributed by atoms with Crippen LogP contribution < -0.4 is 10.9 Å². The highest BCUT2D eigenvalue weighted by Gasteiger charge is 2.22. The van der Waals surface area contributed by atoms with Crippen LogP contribution in [0.4, 0.5) is 5.88 Å². The molecule has 0 fully saturated rings. The van der Waals surface area contributed by atoms with Gasteiger partial charge in [-0.2, -0.15) is 0 Å². The number of pyridine rings is 1. The maximum Gasteiger partial charge on any atom is 0.262 e. The van der Waals surface area contributed by atoms with Crippen LogP contribution in [0.1, 0.15) is 5.56 Å². The Labute approximate surface area is 168 Å².